The molecule has 1 aromatic carbocycles. The number of nitrogens with zero attached hydrogens (tertiary/aromatic N) is 3. The second-order valence-electron chi connectivity index (χ2n) is 6.35. The van der Waals surface area contributed by atoms with E-state index in [1.54, 1.807) is 31.1 Å². The summed E-state index contributed by atoms with van der Waals surface area (Å²) in [6.45, 7) is 1.57. The number of likely N-dealkylation sites (tertiary alicyclic amines) is 1. The fourth-order valence-electron chi connectivity index (χ4n) is 2.91. The van der Waals surface area contributed by atoms with Gasteiger partial charge in [0.05, 0.1) is 11.5 Å². The van der Waals surface area contributed by atoms with Crippen LogP contribution in [-0.4, -0.2) is 61.4 Å². The summed E-state index contributed by atoms with van der Waals surface area (Å²) >= 11 is 0. The first-order chi connectivity index (χ1) is 11.8. The van der Waals surface area contributed by atoms with Gasteiger partial charge in [-0.3, -0.25) is 24.6 Å². The lowest BCUT2D eigenvalue weighted by molar-refractivity contribution is -0.384. The number of amides is 2. The number of hydrogen-bond acceptors (Lipinski definition) is 6. The molecule has 0 spiro atoms. The van der Waals surface area contributed by atoms with E-state index in [4.69, 9.17) is 5.73 Å². The molecule has 2 rings (SSSR count). The maximum Gasteiger partial charge on any atom is 0.293 e. The zero-order chi connectivity index (χ0) is 18.6. The first-order valence-corrected chi connectivity index (χ1v) is 8.05. The minimum atomic E-state index is -0.492. The van der Waals surface area contributed by atoms with Gasteiger partial charge >= 0.3 is 0 Å². The van der Waals surface area contributed by atoms with Gasteiger partial charge in [0.25, 0.3) is 11.6 Å². The number of nitrogens with one attached hydrogen (secondary N) is 1. The molecule has 0 aromatic heterocycles. The van der Waals surface area contributed by atoms with Gasteiger partial charge in [0.1, 0.15) is 5.69 Å². The van der Waals surface area contributed by atoms with Crippen molar-refractivity contribution in [3.63, 3.8) is 0 Å². The maximum atomic E-state index is 12.4. The van der Waals surface area contributed by atoms with Crippen molar-refractivity contribution >= 4 is 23.2 Å². The fourth-order valence-corrected chi connectivity index (χ4v) is 2.91. The number of carbonyl (C=O) groups excluding carboxylic acids is 2. The van der Waals surface area contributed by atoms with Gasteiger partial charge in [0.15, 0.2) is 0 Å². The summed E-state index contributed by atoms with van der Waals surface area (Å²) in [6, 6.07) is 4.43. The SMILES string of the molecule is CN(C)c1ccc(C(=O)NC2CCN(CC(N)=O)CC2)cc1[N+](=O)[O-]. The standard InChI is InChI=1S/C16H23N5O4/c1-19(2)13-4-3-11(9-14(13)21(24)25)16(23)18-12-5-7-20(8-6-12)10-15(17)22/h3-4,9,12H,5-8,10H2,1-2H3,(H2,17,22)(H,18,23). The largest absolute Gasteiger partial charge is 0.372 e. The first kappa shape index (κ1) is 18.7. The number of rotatable bonds is 6. The van der Waals surface area contributed by atoms with E-state index in [1.807, 2.05) is 4.90 Å². The number of benzene rings is 1. The monoisotopic (exact) mass is 349 g/mol. The number of anilines is 1. The molecule has 3 N–H and O–H groups in total. The number of primary amides is 1. The van der Waals surface area contributed by atoms with Gasteiger partial charge in [-0.15, -0.1) is 0 Å². The van der Waals surface area contributed by atoms with Crippen LogP contribution >= 0.6 is 0 Å². The molecule has 0 aliphatic carbocycles. The highest BCUT2D eigenvalue weighted by Gasteiger charge is 2.23. The second kappa shape index (κ2) is 7.93. The third-order valence-corrected chi connectivity index (χ3v) is 4.22. The van der Waals surface area contributed by atoms with Crippen LogP contribution in [0.2, 0.25) is 0 Å². The molecule has 1 aromatic rings. The molecule has 1 heterocycles. The average Bonchev–Trinajstić information content (AvgIpc) is 2.55. The van der Waals surface area contributed by atoms with E-state index in [0.717, 1.165) is 0 Å². The predicted octanol–water partition coefficient (Wildman–Crippen LogP) is 0.340. The predicted molar refractivity (Wildman–Crippen MR) is 93.5 cm³/mol. The molecule has 0 bridgehead atoms. The second-order valence-corrected chi connectivity index (χ2v) is 6.35. The molecule has 0 saturated carbocycles. The van der Waals surface area contributed by atoms with E-state index in [9.17, 15) is 19.7 Å². The van der Waals surface area contributed by atoms with Crippen molar-refractivity contribution in [2.45, 2.75) is 18.9 Å². The van der Waals surface area contributed by atoms with Crippen LogP contribution in [0.3, 0.4) is 0 Å². The maximum absolute atomic E-state index is 12.4. The molecule has 1 saturated heterocycles. The smallest absolute Gasteiger partial charge is 0.293 e. The Morgan fingerprint density at radius 2 is 2.00 bits per heavy atom. The first-order valence-electron chi connectivity index (χ1n) is 8.05. The number of nitro benzene ring substituents is 1. The molecule has 1 fully saturated rings. The lowest BCUT2D eigenvalue weighted by atomic mass is 10.0. The molecule has 2 amide bonds. The minimum absolute atomic E-state index is 0.0239. The van der Waals surface area contributed by atoms with Crippen molar-refractivity contribution in [2.75, 3.05) is 38.6 Å². The molecule has 25 heavy (non-hydrogen) atoms. The fraction of sp³-hybridized carbons (Fsp3) is 0.500. The van der Waals surface area contributed by atoms with Gasteiger partial charge < -0.3 is 16.0 Å². The van der Waals surface area contributed by atoms with Crippen LogP contribution in [0.5, 0.6) is 0 Å². The normalized spacial score (nSPS) is 15.6. The van der Waals surface area contributed by atoms with E-state index >= 15 is 0 Å². The topological polar surface area (TPSA) is 122 Å². The van der Waals surface area contributed by atoms with Crippen LogP contribution in [0.4, 0.5) is 11.4 Å². The van der Waals surface area contributed by atoms with Crippen LogP contribution in [-0.2, 0) is 4.79 Å². The van der Waals surface area contributed by atoms with Crippen molar-refractivity contribution in [2.24, 2.45) is 5.73 Å². The molecular weight excluding hydrogens is 326 g/mol. The molecule has 0 radical (unpaired) electrons. The van der Waals surface area contributed by atoms with Gasteiger partial charge in [-0.1, -0.05) is 0 Å². The molecule has 9 nitrogen and oxygen atoms in total. The highest BCUT2D eigenvalue weighted by molar-refractivity contribution is 5.96. The van der Waals surface area contributed by atoms with Crippen molar-refractivity contribution in [3.05, 3.63) is 33.9 Å². The molecule has 1 aliphatic rings. The van der Waals surface area contributed by atoms with Crippen LogP contribution in [0.1, 0.15) is 23.2 Å². The summed E-state index contributed by atoms with van der Waals surface area (Å²) < 4.78 is 0. The Labute approximate surface area is 145 Å². The molecule has 1 aliphatic heterocycles. The number of nitrogens with two attached hydrogens (primary N) is 1. The summed E-state index contributed by atoms with van der Waals surface area (Å²) in [5.41, 5.74) is 5.78. The molecular formula is C16H23N5O4. The van der Waals surface area contributed by atoms with Crippen molar-refractivity contribution in [1.82, 2.24) is 10.2 Å². The average molecular weight is 349 g/mol. The van der Waals surface area contributed by atoms with Gasteiger partial charge in [-0.05, 0) is 25.0 Å². The van der Waals surface area contributed by atoms with E-state index in [1.165, 1.54) is 6.07 Å². The van der Waals surface area contributed by atoms with Gasteiger partial charge in [0.2, 0.25) is 5.91 Å². The summed E-state index contributed by atoms with van der Waals surface area (Å²) in [5.74, 6) is -0.697. The summed E-state index contributed by atoms with van der Waals surface area (Å²) in [5, 5.41) is 14.1. The van der Waals surface area contributed by atoms with E-state index in [0.29, 0.717) is 31.6 Å². The van der Waals surface area contributed by atoms with Crippen LogP contribution in [0.25, 0.3) is 0 Å². The van der Waals surface area contributed by atoms with Gasteiger partial charge in [-0.25, -0.2) is 0 Å². The van der Waals surface area contributed by atoms with Crippen molar-refractivity contribution < 1.29 is 14.5 Å². The highest BCUT2D eigenvalue weighted by Crippen LogP contribution is 2.27. The Kier molecular flexibility index (Phi) is 5.92. The third-order valence-electron chi connectivity index (χ3n) is 4.22. The highest BCUT2D eigenvalue weighted by atomic mass is 16.6. The van der Waals surface area contributed by atoms with Gasteiger partial charge in [-0.2, -0.15) is 0 Å². The lowest BCUT2D eigenvalue weighted by Crippen LogP contribution is -2.46. The Balaban J connectivity index is 2.01. The Bertz CT molecular complexity index is 668. The lowest BCUT2D eigenvalue weighted by Gasteiger charge is -2.31. The molecule has 136 valence electrons. The number of nitro groups is 1. The van der Waals surface area contributed by atoms with E-state index in [-0.39, 0.29) is 35.7 Å². The van der Waals surface area contributed by atoms with Crippen LogP contribution in [0, 0.1) is 10.1 Å². The summed E-state index contributed by atoms with van der Waals surface area (Å²) in [6.07, 6.45) is 1.41. The summed E-state index contributed by atoms with van der Waals surface area (Å²) in [7, 11) is 3.42. The van der Waals surface area contributed by atoms with Gasteiger partial charge in [0, 0.05) is 44.9 Å². The number of hydrogen-bond donors (Lipinski definition) is 2. The molecule has 0 atom stereocenters. The minimum Gasteiger partial charge on any atom is -0.372 e. The van der Waals surface area contributed by atoms with Crippen LogP contribution in [0.15, 0.2) is 18.2 Å². The Morgan fingerprint density at radius 1 is 1.36 bits per heavy atom. The third kappa shape index (κ3) is 4.90. The summed E-state index contributed by atoms with van der Waals surface area (Å²) in [4.78, 5) is 37.6. The molecule has 9 heteroatoms. The number of carbonyl (C=O) groups is 2. The van der Waals surface area contributed by atoms with Crippen molar-refractivity contribution in [3.8, 4) is 0 Å². The van der Waals surface area contributed by atoms with Crippen LogP contribution < -0.4 is 16.0 Å². The van der Waals surface area contributed by atoms with Crippen molar-refractivity contribution in [1.29, 1.82) is 0 Å². The van der Waals surface area contributed by atoms with E-state index < -0.39 is 4.92 Å². The zero-order valence-electron chi connectivity index (χ0n) is 14.4. The molecule has 0 unspecified atom stereocenters. The Morgan fingerprint density at radius 3 is 2.52 bits per heavy atom. The zero-order valence-corrected chi connectivity index (χ0v) is 14.4. The number of piperidine rings is 1. The Hall–Kier alpha value is -2.68. The quantitative estimate of drug-likeness (QED) is 0.564. The van der Waals surface area contributed by atoms with E-state index in [2.05, 4.69) is 5.32 Å².